The number of fused-ring (bicyclic) bond motifs is 3. The van der Waals surface area contributed by atoms with Gasteiger partial charge in [-0.2, -0.15) is 0 Å². The van der Waals surface area contributed by atoms with Gasteiger partial charge in [-0.1, -0.05) is 18.2 Å². The molecule has 0 saturated carbocycles. The van der Waals surface area contributed by atoms with Gasteiger partial charge in [-0.05, 0) is 24.4 Å². The highest BCUT2D eigenvalue weighted by atomic mass is 32.1. The van der Waals surface area contributed by atoms with Crippen LogP contribution in [0.3, 0.4) is 0 Å². The number of aryl methyl sites for hydroxylation is 1. The smallest absolute Gasteiger partial charge is 0.351 e. The van der Waals surface area contributed by atoms with Crippen molar-refractivity contribution < 1.29 is 4.74 Å². The molecule has 0 aliphatic rings. The Morgan fingerprint density at radius 2 is 2.00 bits per heavy atom. The van der Waals surface area contributed by atoms with E-state index in [0.29, 0.717) is 22.6 Å². The van der Waals surface area contributed by atoms with E-state index in [1.807, 2.05) is 36.6 Å². The Bertz CT molecular complexity index is 1200. The lowest BCUT2D eigenvalue weighted by atomic mass is 10.2. The molecule has 0 aliphatic heterocycles. The molecule has 4 rings (SSSR count). The van der Waals surface area contributed by atoms with Crippen LogP contribution in [-0.2, 0) is 13.6 Å². The standard InChI is InChI=1S/C17H16N4O3S/c1-3-24-13-7-5-4-6-11(13)10-20-15(22)14-12(8-9-25-14)21-16(20)18-19(2)17(21)23/h4-9H,3,10H2,1-2H3. The van der Waals surface area contributed by atoms with Crippen molar-refractivity contribution >= 4 is 27.3 Å². The lowest BCUT2D eigenvalue weighted by Crippen LogP contribution is -2.25. The van der Waals surface area contributed by atoms with Crippen LogP contribution in [0.5, 0.6) is 5.75 Å². The van der Waals surface area contributed by atoms with E-state index >= 15 is 0 Å². The van der Waals surface area contributed by atoms with Crippen LogP contribution in [0.4, 0.5) is 0 Å². The second kappa shape index (κ2) is 5.89. The minimum atomic E-state index is -0.273. The Morgan fingerprint density at radius 3 is 2.80 bits per heavy atom. The van der Waals surface area contributed by atoms with Gasteiger partial charge in [0.15, 0.2) is 0 Å². The van der Waals surface area contributed by atoms with Gasteiger partial charge < -0.3 is 4.74 Å². The van der Waals surface area contributed by atoms with Gasteiger partial charge in [-0.3, -0.25) is 9.36 Å². The molecule has 0 amide bonds. The van der Waals surface area contributed by atoms with Crippen molar-refractivity contribution in [3.05, 3.63) is 62.1 Å². The Kier molecular flexibility index (Phi) is 3.69. The molecular formula is C17H16N4O3S. The fraction of sp³-hybridized carbons (Fsp3) is 0.235. The Hall–Kier alpha value is -2.87. The summed E-state index contributed by atoms with van der Waals surface area (Å²) >= 11 is 1.32. The third-order valence-corrected chi connectivity index (χ3v) is 4.97. The van der Waals surface area contributed by atoms with Crippen LogP contribution in [0.15, 0.2) is 45.3 Å². The topological polar surface area (TPSA) is 70.5 Å². The van der Waals surface area contributed by atoms with E-state index in [9.17, 15) is 9.59 Å². The van der Waals surface area contributed by atoms with Crippen molar-refractivity contribution in [1.82, 2.24) is 18.7 Å². The predicted molar refractivity (Wildman–Crippen MR) is 96.8 cm³/mol. The number of hydrogen-bond acceptors (Lipinski definition) is 5. The zero-order valence-electron chi connectivity index (χ0n) is 13.8. The molecule has 0 aliphatic carbocycles. The molecule has 4 aromatic rings. The minimum Gasteiger partial charge on any atom is -0.494 e. The molecule has 0 bridgehead atoms. The number of aromatic nitrogens is 4. The second-order valence-electron chi connectivity index (χ2n) is 5.61. The maximum absolute atomic E-state index is 13.0. The van der Waals surface area contributed by atoms with Gasteiger partial charge in [0.25, 0.3) is 5.56 Å². The largest absolute Gasteiger partial charge is 0.494 e. The molecular weight excluding hydrogens is 340 g/mol. The van der Waals surface area contributed by atoms with Crippen LogP contribution >= 0.6 is 11.3 Å². The second-order valence-corrected chi connectivity index (χ2v) is 6.52. The Morgan fingerprint density at radius 1 is 1.20 bits per heavy atom. The maximum atomic E-state index is 13.0. The summed E-state index contributed by atoms with van der Waals surface area (Å²) in [5, 5.41) is 6.08. The fourth-order valence-corrected chi connectivity index (χ4v) is 3.76. The van der Waals surface area contributed by atoms with Gasteiger partial charge in [-0.15, -0.1) is 16.4 Å². The van der Waals surface area contributed by atoms with Crippen LogP contribution in [-0.4, -0.2) is 25.4 Å². The van der Waals surface area contributed by atoms with Gasteiger partial charge in [0, 0.05) is 12.6 Å². The minimum absolute atomic E-state index is 0.158. The van der Waals surface area contributed by atoms with Crippen molar-refractivity contribution in [2.45, 2.75) is 13.5 Å². The molecule has 0 unspecified atom stereocenters. The third-order valence-electron chi connectivity index (χ3n) is 4.07. The number of thiophene rings is 1. The third kappa shape index (κ3) is 2.37. The molecule has 3 heterocycles. The van der Waals surface area contributed by atoms with Crippen molar-refractivity contribution in [3.8, 4) is 5.75 Å². The SMILES string of the molecule is CCOc1ccccc1Cn1c(=O)c2sccc2n2c(=O)n(C)nc12. The van der Waals surface area contributed by atoms with Gasteiger partial charge in [-0.25, -0.2) is 13.9 Å². The fourth-order valence-electron chi connectivity index (χ4n) is 2.93. The zero-order chi connectivity index (χ0) is 17.6. The van der Waals surface area contributed by atoms with Gasteiger partial charge in [0.2, 0.25) is 5.78 Å². The molecule has 0 fully saturated rings. The first-order chi connectivity index (χ1) is 12.1. The van der Waals surface area contributed by atoms with Crippen LogP contribution in [0.2, 0.25) is 0 Å². The molecule has 3 aromatic heterocycles. The first kappa shape index (κ1) is 15.6. The van der Waals surface area contributed by atoms with E-state index in [1.54, 1.807) is 13.1 Å². The number of benzene rings is 1. The highest BCUT2D eigenvalue weighted by Crippen LogP contribution is 2.21. The summed E-state index contributed by atoms with van der Waals surface area (Å²) in [5.74, 6) is 1.05. The van der Waals surface area contributed by atoms with E-state index in [0.717, 1.165) is 11.3 Å². The molecule has 8 heteroatoms. The zero-order valence-corrected chi connectivity index (χ0v) is 14.6. The first-order valence-corrected chi connectivity index (χ1v) is 8.76. The maximum Gasteiger partial charge on any atom is 0.351 e. The van der Waals surface area contributed by atoms with E-state index < -0.39 is 0 Å². The molecule has 0 radical (unpaired) electrons. The van der Waals surface area contributed by atoms with Crippen molar-refractivity contribution in [3.63, 3.8) is 0 Å². The highest BCUT2D eigenvalue weighted by Gasteiger charge is 2.18. The number of para-hydroxylation sites is 1. The average molecular weight is 356 g/mol. The molecule has 1 aromatic carbocycles. The summed E-state index contributed by atoms with van der Waals surface area (Å²) in [7, 11) is 1.58. The van der Waals surface area contributed by atoms with Gasteiger partial charge in [0.1, 0.15) is 10.4 Å². The van der Waals surface area contributed by atoms with Crippen LogP contribution in [0, 0.1) is 0 Å². The highest BCUT2D eigenvalue weighted by molar-refractivity contribution is 7.17. The summed E-state index contributed by atoms with van der Waals surface area (Å²) in [5.41, 5.74) is 1.03. The summed E-state index contributed by atoms with van der Waals surface area (Å²) < 4.78 is 10.4. The van der Waals surface area contributed by atoms with E-state index in [4.69, 9.17) is 4.74 Å². The average Bonchev–Trinajstić information content (AvgIpc) is 3.19. The van der Waals surface area contributed by atoms with Crippen LogP contribution in [0.25, 0.3) is 16.0 Å². The molecule has 0 saturated heterocycles. The lowest BCUT2D eigenvalue weighted by Gasteiger charge is -2.12. The summed E-state index contributed by atoms with van der Waals surface area (Å²) in [6, 6.07) is 9.34. The Balaban J connectivity index is 2.01. The van der Waals surface area contributed by atoms with E-state index in [2.05, 4.69) is 5.10 Å². The summed E-state index contributed by atoms with van der Waals surface area (Å²) in [4.78, 5) is 25.4. The number of ether oxygens (including phenoxy) is 1. The molecule has 0 spiro atoms. The molecule has 25 heavy (non-hydrogen) atoms. The van der Waals surface area contributed by atoms with Crippen LogP contribution in [0.1, 0.15) is 12.5 Å². The number of rotatable bonds is 4. The predicted octanol–water partition coefficient (Wildman–Crippen LogP) is 1.86. The molecule has 7 nitrogen and oxygen atoms in total. The number of hydrogen-bond donors (Lipinski definition) is 0. The molecule has 0 atom stereocenters. The van der Waals surface area contributed by atoms with Crippen molar-refractivity contribution in [2.75, 3.05) is 6.61 Å². The summed E-state index contributed by atoms with van der Waals surface area (Å²) in [6.07, 6.45) is 0. The van der Waals surface area contributed by atoms with Gasteiger partial charge in [0.05, 0.1) is 18.7 Å². The normalized spacial score (nSPS) is 11.4. The summed E-state index contributed by atoms with van der Waals surface area (Å²) in [6.45, 7) is 2.73. The van der Waals surface area contributed by atoms with Gasteiger partial charge >= 0.3 is 5.69 Å². The quantitative estimate of drug-likeness (QED) is 0.560. The monoisotopic (exact) mass is 356 g/mol. The van der Waals surface area contributed by atoms with Crippen LogP contribution < -0.4 is 16.0 Å². The van der Waals surface area contributed by atoms with E-state index in [1.165, 1.54) is 25.0 Å². The first-order valence-electron chi connectivity index (χ1n) is 7.88. The molecule has 0 N–H and O–H groups in total. The number of nitrogens with zero attached hydrogens (tertiary/aromatic N) is 4. The van der Waals surface area contributed by atoms with Crippen molar-refractivity contribution in [2.24, 2.45) is 7.05 Å². The molecule has 128 valence electrons. The van der Waals surface area contributed by atoms with E-state index in [-0.39, 0.29) is 17.8 Å². The van der Waals surface area contributed by atoms with Crippen molar-refractivity contribution in [1.29, 1.82) is 0 Å². The lowest BCUT2D eigenvalue weighted by molar-refractivity contribution is 0.336. The Labute approximate surface area is 146 Å².